The van der Waals surface area contributed by atoms with Crippen molar-refractivity contribution in [2.45, 2.75) is 6.92 Å². The zero-order valence-electron chi connectivity index (χ0n) is 15.9. The summed E-state index contributed by atoms with van der Waals surface area (Å²) in [6.45, 7) is 5.57. The highest BCUT2D eigenvalue weighted by Gasteiger charge is 2.21. The molecule has 2 aromatic rings. The number of anilines is 1. The third kappa shape index (κ3) is 5.06. The molecule has 144 valence electrons. The quantitative estimate of drug-likeness (QED) is 0.750. The van der Waals surface area contributed by atoms with E-state index in [-0.39, 0.29) is 12.5 Å². The van der Waals surface area contributed by atoms with Crippen molar-refractivity contribution in [1.82, 2.24) is 4.90 Å². The molecule has 0 N–H and O–H groups in total. The Kier molecular flexibility index (Phi) is 6.41. The number of ether oxygens (including phenoxy) is 3. The summed E-state index contributed by atoms with van der Waals surface area (Å²) < 4.78 is 16.3. The monoisotopic (exact) mass is 370 g/mol. The summed E-state index contributed by atoms with van der Waals surface area (Å²) in [5.41, 5.74) is 1.12. The number of benzene rings is 2. The van der Waals surface area contributed by atoms with Crippen LogP contribution < -0.4 is 19.1 Å². The number of hydrogen-bond acceptors (Lipinski definition) is 5. The van der Waals surface area contributed by atoms with Crippen LogP contribution in [-0.4, -0.2) is 57.3 Å². The second-order valence-electron chi connectivity index (χ2n) is 6.26. The zero-order valence-corrected chi connectivity index (χ0v) is 15.9. The predicted molar refractivity (Wildman–Crippen MR) is 105 cm³/mol. The number of piperazine rings is 1. The SMILES string of the molecule is CCOc1ccc(OCC(=O)N2CCN(c3cccc(OC)c3)CC2)cc1. The molecule has 0 atom stereocenters. The van der Waals surface area contributed by atoms with Gasteiger partial charge in [0.15, 0.2) is 6.61 Å². The second kappa shape index (κ2) is 9.16. The highest BCUT2D eigenvalue weighted by molar-refractivity contribution is 5.78. The highest BCUT2D eigenvalue weighted by Crippen LogP contribution is 2.22. The number of carbonyl (C=O) groups is 1. The van der Waals surface area contributed by atoms with Gasteiger partial charge in [-0.3, -0.25) is 4.79 Å². The number of rotatable bonds is 7. The van der Waals surface area contributed by atoms with E-state index in [1.807, 2.05) is 54.3 Å². The van der Waals surface area contributed by atoms with Crippen LogP contribution in [0.5, 0.6) is 17.2 Å². The number of hydrogen-bond donors (Lipinski definition) is 0. The average molecular weight is 370 g/mol. The molecule has 0 unspecified atom stereocenters. The molecule has 27 heavy (non-hydrogen) atoms. The van der Waals surface area contributed by atoms with Crippen LogP contribution in [0.4, 0.5) is 5.69 Å². The maximum atomic E-state index is 12.4. The van der Waals surface area contributed by atoms with Crippen LogP contribution >= 0.6 is 0 Å². The highest BCUT2D eigenvalue weighted by atomic mass is 16.5. The van der Waals surface area contributed by atoms with Gasteiger partial charge in [-0.05, 0) is 43.3 Å². The second-order valence-corrected chi connectivity index (χ2v) is 6.26. The van der Waals surface area contributed by atoms with Gasteiger partial charge in [-0.2, -0.15) is 0 Å². The van der Waals surface area contributed by atoms with Crippen LogP contribution in [-0.2, 0) is 4.79 Å². The molecule has 1 saturated heterocycles. The standard InChI is InChI=1S/C21H26N2O4/c1-3-26-18-7-9-19(10-8-18)27-16-21(24)23-13-11-22(12-14-23)17-5-4-6-20(15-17)25-2/h4-10,15H,3,11-14,16H2,1-2H3. The number of carbonyl (C=O) groups excluding carboxylic acids is 1. The molecule has 3 rings (SSSR count). The molecule has 0 bridgehead atoms. The van der Waals surface area contributed by atoms with Gasteiger partial charge in [-0.1, -0.05) is 6.07 Å². The first-order chi connectivity index (χ1) is 13.2. The fourth-order valence-electron chi connectivity index (χ4n) is 3.06. The molecule has 0 aliphatic carbocycles. The first-order valence-electron chi connectivity index (χ1n) is 9.22. The van der Waals surface area contributed by atoms with Crippen molar-refractivity contribution >= 4 is 11.6 Å². The van der Waals surface area contributed by atoms with Crippen LogP contribution in [0.25, 0.3) is 0 Å². The van der Waals surface area contributed by atoms with E-state index in [2.05, 4.69) is 11.0 Å². The fraction of sp³-hybridized carbons (Fsp3) is 0.381. The molecule has 0 aromatic heterocycles. The maximum Gasteiger partial charge on any atom is 0.260 e. The number of amides is 1. The Labute approximate surface area is 160 Å². The molecule has 1 aliphatic heterocycles. The van der Waals surface area contributed by atoms with E-state index in [0.717, 1.165) is 30.3 Å². The van der Waals surface area contributed by atoms with Gasteiger partial charge >= 0.3 is 0 Å². The Morgan fingerprint density at radius 3 is 2.22 bits per heavy atom. The molecule has 0 saturated carbocycles. The van der Waals surface area contributed by atoms with Gasteiger partial charge in [0, 0.05) is 37.9 Å². The van der Waals surface area contributed by atoms with Crippen molar-refractivity contribution in [3.63, 3.8) is 0 Å². The van der Waals surface area contributed by atoms with Gasteiger partial charge in [0.1, 0.15) is 17.2 Å². The summed E-state index contributed by atoms with van der Waals surface area (Å²) in [5.74, 6) is 2.32. The summed E-state index contributed by atoms with van der Waals surface area (Å²) in [7, 11) is 1.67. The molecule has 6 heteroatoms. The Hall–Kier alpha value is -2.89. The fourth-order valence-corrected chi connectivity index (χ4v) is 3.06. The Balaban J connectivity index is 1.46. The van der Waals surface area contributed by atoms with Gasteiger partial charge < -0.3 is 24.0 Å². The van der Waals surface area contributed by atoms with Crippen molar-refractivity contribution in [3.8, 4) is 17.2 Å². The average Bonchev–Trinajstić information content (AvgIpc) is 2.73. The van der Waals surface area contributed by atoms with E-state index in [4.69, 9.17) is 14.2 Å². The largest absolute Gasteiger partial charge is 0.497 e. The molecular formula is C21H26N2O4. The van der Waals surface area contributed by atoms with Crippen LogP contribution in [0.2, 0.25) is 0 Å². The predicted octanol–water partition coefficient (Wildman–Crippen LogP) is 2.82. The van der Waals surface area contributed by atoms with Crippen molar-refractivity contribution in [3.05, 3.63) is 48.5 Å². The van der Waals surface area contributed by atoms with Crippen molar-refractivity contribution in [2.24, 2.45) is 0 Å². The summed E-state index contributed by atoms with van der Waals surface area (Å²) in [4.78, 5) is 16.5. The normalized spacial score (nSPS) is 14.0. The van der Waals surface area contributed by atoms with Crippen molar-refractivity contribution < 1.29 is 19.0 Å². The van der Waals surface area contributed by atoms with Gasteiger partial charge in [-0.25, -0.2) is 0 Å². The summed E-state index contributed by atoms with van der Waals surface area (Å²) in [6, 6.07) is 15.3. The van der Waals surface area contributed by atoms with E-state index >= 15 is 0 Å². The van der Waals surface area contributed by atoms with E-state index in [1.165, 1.54) is 0 Å². The Bertz CT molecular complexity index is 740. The molecule has 1 fully saturated rings. The smallest absolute Gasteiger partial charge is 0.260 e. The molecule has 0 spiro atoms. The Morgan fingerprint density at radius 2 is 1.59 bits per heavy atom. The summed E-state index contributed by atoms with van der Waals surface area (Å²) in [6.07, 6.45) is 0. The summed E-state index contributed by atoms with van der Waals surface area (Å²) in [5, 5.41) is 0. The van der Waals surface area contributed by atoms with Crippen LogP contribution in [0.3, 0.4) is 0 Å². The Morgan fingerprint density at radius 1 is 0.926 bits per heavy atom. The van der Waals surface area contributed by atoms with E-state index in [9.17, 15) is 4.79 Å². The molecule has 1 heterocycles. The summed E-state index contributed by atoms with van der Waals surface area (Å²) >= 11 is 0. The van der Waals surface area contributed by atoms with Crippen LogP contribution in [0, 0.1) is 0 Å². The first kappa shape index (κ1) is 18.9. The van der Waals surface area contributed by atoms with Crippen LogP contribution in [0.1, 0.15) is 6.92 Å². The lowest BCUT2D eigenvalue weighted by atomic mass is 10.2. The number of nitrogens with zero attached hydrogens (tertiary/aromatic N) is 2. The van der Waals surface area contributed by atoms with Gasteiger partial charge in [0.05, 0.1) is 13.7 Å². The third-order valence-electron chi connectivity index (χ3n) is 4.55. The first-order valence-corrected chi connectivity index (χ1v) is 9.22. The number of methoxy groups -OCH3 is 1. The molecule has 0 radical (unpaired) electrons. The lowest BCUT2D eigenvalue weighted by molar-refractivity contribution is -0.133. The van der Waals surface area contributed by atoms with Crippen molar-refractivity contribution in [2.75, 3.05) is 51.4 Å². The van der Waals surface area contributed by atoms with Gasteiger partial charge in [0.25, 0.3) is 5.91 Å². The van der Waals surface area contributed by atoms with E-state index < -0.39 is 0 Å². The topological polar surface area (TPSA) is 51.2 Å². The molecule has 1 amide bonds. The lowest BCUT2D eigenvalue weighted by Crippen LogP contribution is -2.50. The molecule has 6 nitrogen and oxygen atoms in total. The lowest BCUT2D eigenvalue weighted by Gasteiger charge is -2.36. The zero-order chi connectivity index (χ0) is 19.1. The van der Waals surface area contributed by atoms with Crippen LogP contribution in [0.15, 0.2) is 48.5 Å². The van der Waals surface area contributed by atoms with Crippen molar-refractivity contribution in [1.29, 1.82) is 0 Å². The van der Waals surface area contributed by atoms with Gasteiger partial charge in [-0.15, -0.1) is 0 Å². The molecular weight excluding hydrogens is 344 g/mol. The minimum atomic E-state index is 0.00850. The minimum Gasteiger partial charge on any atom is -0.497 e. The van der Waals surface area contributed by atoms with E-state index in [1.54, 1.807) is 7.11 Å². The molecule has 1 aliphatic rings. The third-order valence-corrected chi connectivity index (χ3v) is 4.55. The molecule has 2 aromatic carbocycles. The minimum absolute atomic E-state index is 0.00850. The van der Waals surface area contributed by atoms with E-state index in [0.29, 0.717) is 25.4 Å². The van der Waals surface area contributed by atoms with Gasteiger partial charge in [0.2, 0.25) is 0 Å². The maximum absolute atomic E-state index is 12.4.